The molecule has 1 aromatic heterocycles. The smallest absolute Gasteiger partial charge is 0.341 e. The van der Waals surface area contributed by atoms with E-state index in [0.717, 1.165) is 0 Å². The van der Waals surface area contributed by atoms with Gasteiger partial charge >= 0.3 is 12.0 Å². The molecule has 2 aromatic carbocycles. The van der Waals surface area contributed by atoms with Gasteiger partial charge in [-0.3, -0.25) is 0 Å². The van der Waals surface area contributed by atoms with Crippen LogP contribution >= 0.6 is 15.9 Å². The Morgan fingerprint density at radius 3 is 2.62 bits per heavy atom. The third-order valence-electron chi connectivity index (χ3n) is 2.72. The molecule has 0 spiro atoms. The predicted octanol–water partition coefficient (Wildman–Crippen LogP) is 3.28. The number of carboxylic acid groups (broad SMARTS) is 1. The molecular formula is C14H8BrN3O3. The van der Waals surface area contributed by atoms with Crippen molar-refractivity contribution in [1.82, 2.24) is 15.2 Å². The number of carbonyl (C=O) groups is 1. The Balaban J connectivity index is 1.98. The number of carboxylic acids is 1. The topological polar surface area (TPSA) is 85.2 Å². The molecule has 0 aliphatic carbocycles. The first-order chi connectivity index (χ1) is 10.1. The number of halogens is 1. The van der Waals surface area contributed by atoms with E-state index < -0.39 is 5.97 Å². The molecule has 3 aromatic rings. The number of rotatable bonds is 3. The molecule has 0 atom stereocenters. The first-order valence-electron chi connectivity index (χ1n) is 5.93. The van der Waals surface area contributed by atoms with Crippen LogP contribution in [0, 0.1) is 0 Å². The van der Waals surface area contributed by atoms with Gasteiger partial charge in [0.05, 0.1) is 15.6 Å². The molecule has 3 rings (SSSR count). The molecule has 0 amide bonds. The summed E-state index contributed by atoms with van der Waals surface area (Å²) in [5.41, 5.74) is 1.41. The van der Waals surface area contributed by atoms with Crippen LogP contribution in [0.2, 0.25) is 0 Å². The van der Waals surface area contributed by atoms with Crippen LogP contribution < -0.4 is 4.74 Å². The van der Waals surface area contributed by atoms with Crippen LogP contribution in [-0.2, 0) is 0 Å². The summed E-state index contributed by atoms with van der Waals surface area (Å²) in [5, 5.41) is 16.9. The molecule has 0 aliphatic heterocycles. The maximum atomic E-state index is 11.0. The maximum Gasteiger partial charge on any atom is 0.341 e. The molecule has 0 fully saturated rings. The number of benzene rings is 2. The Morgan fingerprint density at radius 2 is 1.86 bits per heavy atom. The molecule has 0 radical (unpaired) electrons. The summed E-state index contributed by atoms with van der Waals surface area (Å²) in [5.74, 6) is -0.725. The number of aromatic nitrogens is 3. The van der Waals surface area contributed by atoms with Crippen molar-refractivity contribution in [3.8, 4) is 11.8 Å². The minimum Gasteiger partial charge on any atom is -0.478 e. The Kier molecular flexibility index (Phi) is 3.49. The first kappa shape index (κ1) is 13.4. The number of ether oxygens (including phenoxy) is 1. The van der Waals surface area contributed by atoms with Gasteiger partial charge < -0.3 is 9.84 Å². The zero-order valence-corrected chi connectivity index (χ0v) is 12.1. The third-order valence-corrected chi connectivity index (χ3v) is 3.38. The zero-order valence-electron chi connectivity index (χ0n) is 10.5. The summed E-state index contributed by atoms with van der Waals surface area (Å²) in [6.45, 7) is 0. The highest BCUT2D eigenvalue weighted by Gasteiger charge is 2.11. The van der Waals surface area contributed by atoms with Crippen molar-refractivity contribution in [2.75, 3.05) is 0 Å². The van der Waals surface area contributed by atoms with Crippen LogP contribution in [0.1, 0.15) is 10.4 Å². The van der Waals surface area contributed by atoms with Crippen molar-refractivity contribution in [3.63, 3.8) is 0 Å². The van der Waals surface area contributed by atoms with Crippen LogP contribution in [-0.4, -0.2) is 26.3 Å². The third kappa shape index (κ3) is 2.82. The lowest BCUT2D eigenvalue weighted by Gasteiger charge is -2.07. The van der Waals surface area contributed by atoms with Crippen molar-refractivity contribution in [3.05, 3.63) is 52.5 Å². The van der Waals surface area contributed by atoms with Crippen molar-refractivity contribution in [2.45, 2.75) is 0 Å². The first-order valence-corrected chi connectivity index (χ1v) is 6.73. The van der Waals surface area contributed by atoms with Crippen LogP contribution in [0.15, 0.2) is 46.9 Å². The second kappa shape index (κ2) is 5.45. The van der Waals surface area contributed by atoms with Gasteiger partial charge in [-0.25, -0.2) is 4.79 Å². The number of hydrogen-bond donors (Lipinski definition) is 1. The van der Waals surface area contributed by atoms with Crippen molar-refractivity contribution in [2.24, 2.45) is 0 Å². The summed E-state index contributed by atoms with van der Waals surface area (Å²) in [6, 6.07) is 11.8. The predicted molar refractivity (Wildman–Crippen MR) is 78.5 cm³/mol. The summed E-state index contributed by atoms with van der Waals surface area (Å²) in [7, 11) is 0. The van der Waals surface area contributed by atoms with E-state index in [1.165, 1.54) is 12.1 Å². The van der Waals surface area contributed by atoms with Crippen LogP contribution in [0.3, 0.4) is 0 Å². The second-order valence-electron chi connectivity index (χ2n) is 4.14. The number of nitrogens with zero attached hydrogens (tertiary/aromatic N) is 3. The summed E-state index contributed by atoms with van der Waals surface area (Å²) >= 11 is 3.29. The van der Waals surface area contributed by atoms with E-state index in [2.05, 4.69) is 31.1 Å². The molecule has 7 heteroatoms. The molecule has 0 unspecified atom stereocenters. The largest absolute Gasteiger partial charge is 0.478 e. The molecule has 0 saturated carbocycles. The highest BCUT2D eigenvalue weighted by Crippen LogP contribution is 2.29. The number of fused-ring (bicyclic) bond motifs is 1. The Morgan fingerprint density at radius 1 is 1.10 bits per heavy atom. The van der Waals surface area contributed by atoms with Crippen LogP contribution in [0.5, 0.6) is 11.8 Å². The van der Waals surface area contributed by atoms with E-state index in [4.69, 9.17) is 9.84 Å². The van der Waals surface area contributed by atoms with Gasteiger partial charge in [-0.2, -0.15) is 4.98 Å². The van der Waals surface area contributed by atoms with Gasteiger partial charge in [0.25, 0.3) is 0 Å². The fraction of sp³-hybridized carbons (Fsp3) is 0. The molecule has 0 saturated heterocycles. The van der Waals surface area contributed by atoms with Gasteiger partial charge in [-0.05, 0) is 46.3 Å². The van der Waals surface area contributed by atoms with E-state index in [0.29, 0.717) is 21.3 Å². The number of hydrogen-bond acceptors (Lipinski definition) is 5. The number of para-hydroxylation sites is 1. The molecule has 0 aliphatic rings. The average Bonchev–Trinajstić information content (AvgIpc) is 2.49. The maximum absolute atomic E-state index is 11.0. The second-order valence-corrected chi connectivity index (χ2v) is 4.99. The molecule has 6 nitrogen and oxygen atoms in total. The Hall–Kier alpha value is -2.54. The van der Waals surface area contributed by atoms with Gasteiger partial charge in [-0.1, -0.05) is 17.2 Å². The minimum atomic E-state index is -1.04. The van der Waals surface area contributed by atoms with E-state index in [1.54, 1.807) is 18.2 Å². The van der Waals surface area contributed by atoms with E-state index in [-0.39, 0.29) is 11.6 Å². The monoisotopic (exact) mass is 345 g/mol. The fourth-order valence-electron chi connectivity index (χ4n) is 1.72. The van der Waals surface area contributed by atoms with Gasteiger partial charge in [0.15, 0.2) is 0 Å². The summed E-state index contributed by atoms with van der Waals surface area (Å²) < 4.78 is 6.11. The molecule has 0 bridgehead atoms. The van der Waals surface area contributed by atoms with Crippen molar-refractivity contribution >= 4 is 32.9 Å². The normalized spacial score (nSPS) is 10.5. The lowest BCUT2D eigenvalue weighted by molar-refractivity contribution is 0.0696. The quantitative estimate of drug-likeness (QED) is 0.783. The van der Waals surface area contributed by atoms with Crippen molar-refractivity contribution in [1.29, 1.82) is 0 Å². The lowest BCUT2D eigenvalue weighted by atomic mass is 10.2. The summed E-state index contributed by atoms with van der Waals surface area (Å²) in [4.78, 5) is 15.2. The van der Waals surface area contributed by atoms with E-state index in [9.17, 15) is 4.79 Å². The highest BCUT2D eigenvalue weighted by molar-refractivity contribution is 9.10. The standard InChI is InChI=1S/C14H8BrN3O3/c15-9-6-5-8(13(19)20)7-12(9)21-14-16-10-3-1-2-4-11(10)17-18-14/h1-7H,(H,19,20). The van der Waals surface area contributed by atoms with Gasteiger partial charge in [0, 0.05) is 0 Å². The fourth-order valence-corrected chi connectivity index (χ4v) is 2.05. The molecular weight excluding hydrogens is 338 g/mol. The van der Waals surface area contributed by atoms with E-state index in [1.807, 2.05) is 12.1 Å². The molecule has 1 N–H and O–H groups in total. The molecule has 104 valence electrons. The van der Waals surface area contributed by atoms with E-state index >= 15 is 0 Å². The van der Waals surface area contributed by atoms with Crippen molar-refractivity contribution < 1.29 is 14.6 Å². The van der Waals surface area contributed by atoms with Gasteiger partial charge in [-0.15, -0.1) is 5.10 Å². The summed E-state index contributed by atoms with van der Waals surface area (Å²) in [6.07, 6.45) is 0. The Bertz CT molecular complexity index is 839. The van der Waals surface area contributed by atoms with Gasteiger partial charge in [0.2, 0.25) is 0 Å². The Labute approximate surface area is 127 Å². The number of aromatic carboxylic acids is 1. The SMILES string of the molecule is O=C(O)c1ccc(Br)c(Oc2nnc3ccccc3n2)c1. The van der Waals surface area contributed by atoms with Crippen LogP contribution in [0.4, 0.5) is 0 Å². The molecule has 21 heavy (non-hydrogen) atoms. The average molecular weight is 346 g/mol. The van der Waals surface area contributed by atoms with Gasteiger partial charge in [0.1, 0.15) is 11.3 Å². The highest BCUT2D eigenvalue weighted by atomic mass is 79.9. The minimum absolute atomic E-state index is 0.0527. The zero-order chi connectivity index (χ0) is 14.8. The molecule has 1 heterocycles. The lowest BCUT2D eigenvalue weighted by Crippen LogP contribution is -1.99. The van der Waals surface area contributed by atoms with Crippen LogP contribution in [0.25, 0.3) is 11.0 Å².